The van der Waals surface area contributed by atoms with Crippen molar-refractivity contribution in [3.8, 4) is 11.5 Å². The lowest BCUT2D eigenvalue weighted by Gasteiger charge is -2.33. The second kappa shape index (κ2) is 11.2. The van der Waals surface area contributed by atoms with Gasteiger partial charge >= 0.3 is 6.03 Å². The minimum atomic E-state index is -0.362. The summed E-state index contributed by atoms with van der Waals surface area (Å²) in [6.07, 6.45) is 3.24. The summed E-state index contributed by atoms with van der Waals surface area (Å²) in [5.74, 6) is 1.12. The van der Waals surface area contributed by atoms with E-state index in [2.05, 4.69) is 20.9 Å². The van der Waals surface area contributed by atoms with E-state index in [0.29, 0.717) is 45.6 Å². The standard InChI is InChI=1S/C30H30N6O4S/c1-18-15-21(40-20-8-4-3-5-9-20)10-11-22(18)36-23-12-13-32-29-25(23)26(34-30(36)39)27(41-29)28(38)33-19-7-6-14-35(17-19)24(37)16-31-2/h3-5,8-13,15,19,31H,6-7,14,16-17H2,1-2H3,(H,33,38)(H,34,39). The van der Waals surface area contributed by atoms with E-state index in [4.69, 9.17) is 4.74 Å². The van der Waals surface area contributed by atoms with Gasteiger partial charge in [0, 0.05) is 25.3 Å². The van der Waals surface area contributed by atoms with Crippen LogP contribution in [-0.2, 0) is 4.79 Å². The SMILES string of the molecule is CNCC(=O)N1CCCC(NC(=O)c2sc3nccc4c3c2NC(=O)N4c2ccc(Oc3ccccc3)cc2C)C1. The van der Waals surface area contributed by atoms with Crippen LogP contribution in [0.2, 0.25) is 0 Å². The fraction of sp³-hybridized carbons (Fsp3) is 0.267. The van der Waals surface area contributed by atoms with E-state index in [0.717, 1.165) is 29.5 Å². The largest absolute Gasteiger partial charge is 0.457 e. The zero-order chi connectivity index (χ0) is 28.5. The molecule has 11 heteroatoms. The number of piperidine rings is 1. The average molecular weight is 571 g/mol. The van der Waals surface area contributed by atoms with Crippen molar-refractivity contribution in [2.24, 2.45) is 0 Å². The fourth-order valence-corrected chi connectivity index (χ4v) is 6.41. The number of nitrogens with one attached hydrogen (secondary N) is 3. The third-order valence-corrected chi connectivity index (χ3v) is 8.37. The molecule has 0 aliphatic carbocycles. The molecule has 2 aromatic carbocycles. The number of carbonyl (C=O) groups is 3. The van der Waals surface area contributed by atoms with Gasteiger partial charge in [-0.05, 0) is 68.8 Å². The third kappa shape index (κ3) is 5.21. The summed E-state index contributed by atoms with van der Waals surface area (Å²) in [5.41, 5.74) is 2.68. The lowest BCUT2D eigenvalue weighted by atomic mass is 10.1. The summed E-state index contributed by atoms with van der Waals surface area (Å²) in [7, 11) is 1.74. The number of ether oxygens (including phenoxy) is 1. The molecular weight excluding hydrogens is 540 g/mol. The number of aryl methyl sites for hydroxylation is 1. The molecule has 41 heavy (non-hydrogen) atoms. The van der Waals surface area contributed by atoms with Crippen molar-refractivity contribution in [2.75, 3.05) is 36.9 Å². The predicted molar refractivity (Wildman–Crippen MR) is 159 cm³/mol. The van der Waals surface area contributed by atoms with Crippen LogP contribution < -0.4 is 25.6 Å². The topological polar surface area (TPSA) is 116 Å². The molecule has 0 spiro atoms. The Bertz CT molecular complexity index is 1640. The summed E-state index contributed by atoms with van der Waals surface area (Å²) in [6, 6.07) is 16.4. The van der Waals surface area contributed by atoms with Crippen molar-refractivity contribution in [2.45, 2.75) is 25.8 Å². The van der Waals surface area contributed by atoms with Crippen molar-refractivity contribution in [3.05, 3.63) is 71.2 Å². The minimum absolute atomic E-state index is 0.0135. The number of thiophene rings is 1. The maximum absolute atomic E-state index is 13.6. The number of anilines is 3. The zero-order valence-corrected chi connectivity index (χ0v) is 23.6. The molecule has 0 radical (unpaired) electrons. The molecule has 1 atom stereocenters. The Kier molecular flexibility index (Phi) is 7.29. The molecule has 4 aromatic rings. The summed E-state index contributed by atoms with van der Waals surface area (Å²) >= 11 is 1.25. The zero-order valence-electron chi connectivity index (χ0n) is 22.8. The van der Waals surface area contributed by atoms with Gasteiger partial charge in [-0.1, -0.05) is 18.2 Å². The first-order chi connectivity index (χ1) is 19.9. The van der Waals surface area contributed by atoms with Crippen LogP contribution in [0.5, 0.6) is 11.5 Å². The number of aromatic nitrogens is 1. The van der Waals surface area contributed by atoms with Crippen LogP contribution in [0.3, 0.4) is 0 Å². The minimum Gasteiger partial charge on any atom is -0.457 e. The molecule has 2 aliphatic rings. The number of nitrogens with zero attached hydrogens (tertiary/aromatic N) is 3. The molecule has 1 saturated heterocycles. The number of benzene rings is 2. The van der Waals surface area contributed by atoms with Gasteiger partial charge in [0.05, 0.1) is 29.0 Å². The fourth-order valence-electron chi connectivity index (χ4n) is 5.39. The van der Waals surface area contributed by atoms with Gasteiger partial charge < -0.3 is 25.6 Å². The lowest BCUT2D eigenvalue weighted by Crippen LogP contribution is -2.51. The van der Waals surface area contributed by atoms with E-state index in [1.165, 1.54) is 11.3 Å². The molecule has 0 bridgehead atoms. The van der Waals surface area contributed by atoms with Crippen LogP contribution in [0.15, 0.2) is 60.8 Å². The number of likely N-dealkylation sites (tertiary alicyclic amines) is 1. The molecule has 0 saturated carbocycles. The summed E-state index contributed by atoms with van der Waals surface area (Å²) in [5, 5.41) is 9.65. The number of para-hydroxylation sites is 1. The Labute approximate surface area is 241 Å². The second-order valence-electron chi connectivity index (χ2n) is 10.1. The van der Waals surface area contributed by atoms with Crippen LogP contribution in [0.25, 0.3) is 10.2 Å². The van der Waals surface area contributed by atoms with Crippen LogP contribution in [-0.4, -0.2) is 60.5 Å². The van der Waals surface area contributed by atoms with Crippen molar-refractivity contribution < 1.29 is 19.1 Å². The highest BCUT2D eigenvalue weighted by Crippen LogP contribution is 2.46. The van der Waals surface area contributed by atoms with Crippen molar-refractivity contribution in [1.82, 2.24) is 20.5 Å². The molecule has 1 fully saturated rings. The molecule has 10 nitrogen and oxygen atoms in total. The van der Waals surface area contributed by atoms with Gasteiger partial charge in [0.2, 0.25) is 5.91 Å². The normalized spacial score (nSPS) is 16.4. The Balaban J connectivity index is 1.27. The van der Waals surface area contributed by atoms with Crippen LogP contribution in [0, 0.1) is 6.92 Å². The van der Waals surface area contributed by atoms with E-state index < -0.39 is 0 Å². The van der Waals surface area contributed by atoms with Crippen LogP contribution in [0.4, 0.5) is 21.9 Å². The molecule has 210 valence electrons. The number of rotatable bonds is 7. The van der Waals surface area contributed by atoms with Gasteiger partial charge in [0.15, 0.2) is 0 Å². The molecule has 2 aliphatic heterocycles. The summed E-state index contributed by atoms with van der Waals surface area (Å²) < 4.78 is 5.97. The number of carbonyl (C=O) groups excluding carboxylic acids is 3. The Morgan fingerprint density at radius 3 is 2.73 bits per heavy atom. The summed E-state index contributed by atoms with van der Waals surface area (Å²) in [4.78, 5) is 48.3. The summed E-state index contributed by atoms with van der Waals surface area (Å²) in [6.45, 7) is 3.33. The van der Waals surface area contributed by atoms with E-state index in [1.54, 1.807) is 29.1 Å². The van der Waals surface area contributed by atoms with Crippen molar-refractivity contribution >= 4 is 56.5 Å². The Morgan fingerprint density at radius 1 is 1.12 bits per heavy atom. The maximum Gasteiger partial charge on any atom is 0.331 e. The smallest absolute Gasteiger partial charge is 0.331 e. The van der Waals surface area contributed by atoms with E-state index in [-0.39, 0.29) is 30.4 Å². The Hall–Kier alpha value is -4.48. The van der Waals surface area contributed by atoms with Gasteiger partial charge in [0.1, 0.15) is 21.2 Å². The van der Waals surface area contributed by atoms with Crippen molar-refractivity contribution in [1.29, 1.82) is 0 Å². The second-order valence-corrected chi connectivity index (χ2v) is 11.1. The van der Waals surface area contributed by atoms with Crippen molar-refractivity contribution in [3.63, 3.8) is 0 Å². The van der Waals surface area contributed by atoms with Gasteiger partial charge in [-0.25, -0.2) is 9.78 Å². The lowest BCUT2D eigenvalue weighted by molar-refractivity contribution is -0.131. The molecule has 4 amide bonds. The number of hydrogen-bond donors (Lipinski definition) is 3. The van der Waals surface area contributed by atoms with E-state index in [9.17, 15) is 14.4 Å². The third-order valence-electron chi connectivity index (χ3n) is 7.28. The number of hydrogen-bond acceptors (Lipinski definition) is 7. The van der Waals surface area contributed by atoms with Crippen LogP contribution in [0.1, 0.15) is 28.1 Å². The molecular formula is C30H30N6O4S. The first-order valence-electron chi connectivity index (χ1n) is 13.5. The Morgan fingerprint density at radius 2 is 1.95 bits per heavy atom. The molecule has 1 unspecified atom stereocenters. The van der Waals surface area contributed by atoms with Crippen LogP contribution >= 0.6 is 11.3 Å². The highest BCUT2D eigenvalue weighted by molar-refractivity contribution is 7.21. The van der Waals surface area contributed by atoms with Gasteiger partial charge in [0.25, 0.3) is 5.91 Å². The molecule has 4 heterocycles. The monoisotopic (exact) mass is 570 g/mol. The number of urea groups is 1. The maximum atomic E-state index is 13.6. The molecule has 2 aromatic heterocycles. The van der Waals surface area contributed by atoms with E-state index in [1.807, 2.05) is 55.5 Å². The molecule has 3 N–H and O–H groups in total. The number of amides is 4. The van der Waals surface area contributed by atoms with Gasteiger partial charge in [-0.2, -0.15) is 0 Å². The quantitative estimate of drug-likeness (QED) is 0.287. The molecule has 6 rings (SSSR count). The van der Waals surface area contributed by atoms with E-state index >= 15 is 0 Å². The first kappa shape index (κ1) is 26.7. The van der Waals surface area contributed by atoms with Gasteiger partial charge in [-0.15, -0.1) is 11.3 Å². The highest BCUT2D eigenvalue weighted by Gasteiger charge is 2.34. The number of likely N-dealkylation sites (N-methyl/N-ethyl adjacent to an activating group) is 1. The average Bonchev–Trinajstić information content (AvgIpc) is 3.34. The van der Waals surface area contributed by atoms with Gasteiger partial charge in [-0.3, -0.25) is 14.5 Å². The predicted octanol–water partition coefficient (Wildman–Crippen LogP) is 5.02. The first-order valence-corrected chi connectivity index (χ1v) is 14.3. The highest BCUT2D eigenvalue weighted by atomic mass is 32.1. The number of pyridine rings is 1.